The van der Waals surface area contributed by atoms with Crippen molar-refractivity contribution in [2.24, 2.45) is 5.73 Å². The zero-order valence-electron chi connectivity index (χ0n) is 11.8. The van der Waals surface area contributed by atoms with Crippen LogP contribution < -0.4 is 5.73 Å². The Balaban J connectivity index is 1.98. The van der Waals surface area contributed by atoms with Gasteiger partial charge in [-0.05, 0) is 36.8 Å². The first-order valence-electron chi connectivity index (χ1n) is 7.32. The molecule has 1 saturated heterocycles. The number of amides is 1. The number of rotatable bonds is 4. The number of carbonyl (C=O) groups excluding carboxylic acids is 1. The van der Waals surface area contributed by atoms with E-state index in [1.165, 1.54) is 12.0 Å². The molecular weight excluding hydrogens is 236 g/mol. The quantitative estimate of drug-likeness (QED) is 0.901. The predicted molar refractivity (Wildman–Crippen MR) is 77.9 cm³/mol. The molecular formula is C16H24N2O. The number of aryl methyl sites for hydroxylation is 1. The van der Waals surface area contributed by atoms with Crippen LogP contribution in [-0.4, -0.2) is 29.9 Å². The van der Waals surface area contributed by atoms with Crippen LogP contribution in [0.1, 0.15) is 37.3 Å². The Morgan fingerprint density at radius 3 is 2.58 bits per heavy atom. The topological polar surface area (TPSA) is 46.3 Å². The third-order valence-corrected chi connectivity index (χ3v) is 4.01. The Morgan fingerprint density at radius 1 is 1.26 bits per heavy atom. The van der Waals surface area contributed by atoms with Gasteiger partial charge < -0.3 is 10.6 Å². The summed E-state index contributed by atoms with van der Waals surface area (Å²) in [5.74, 6) is 0.222. The van der Waals surface area contributed by atoms with E-state index >= 15 is 0 Å². The second-order valence-corrected chi connectivity index (χ2v) is 5.32. The van der Waals surface area contributed by atoms with Gasteiger partial charge in [-0.3, -0.25) is 4.79 Å². The van der Waals surface area contributed by atoms with Crippen LogP contribution in [0.25, 0.3) is 0 Å². The van der Waals surface area contributed by atoms with Gasteiger partial charge in [0.2, 0.25) is 5.91 Å². The molecule has 1 heterocycles. The standard InChI is InChI=1S/C16H24N2O/c1-2-13-6-8-14(9-7-13)11-16(19)18-10-4-3-5-15(18)12-17/h6-9,15H,2-5,10-12,17H2,1H3. The molecule has 1 aromatic rings. The maximum absolute atomic E-state index is 12.4. The van der Waals surface area contributed by atoms with Gasteiger partial charge in [-0.15, -0.1) is 0 Å². The Kier molecular flexibility index (Phi) is 4.97. The minimum absolute atomic E-state index is 0.222. The number of nitrogens with zero attached hydrogens (tertiary/aromatic N) is 1. The number of benzene rings is 1. The van der Waals surface area contributed by atoms with Crippen LogP contribution in [0.3, 0.4) is 0 Å². The summed E-state index contributed by atoms with van der Waals surface area (Å²) in [4.78, 5) is 14.3. The van der Waals surface area contributed by atoms with Crippen molar-refractivity contribution >= 4 is 5.91 Å². The van der Waals surface area contributed by atoms with Gasteiger partial charge in [0.05, 0.1) is 6.42 Å². The highest BCUT2D eigenvalue weighted by Gasteiger charge is 2.25. The number of hydrogen-bond donors (Lipinski definition) is 1. The van der Waals surface area contributed by atoms with Gasteiger partial charge in [-0.2, -0.15) is 0 Å². The minimum Gasteiger partial charge on any atom is -0.338 e. The fourth-order valence-corrected chi connectivity index (χ4v) is 2.74. The molecule has 0 aliphatic carbocycles. The van der Waals surface area contributed by atoms with Crippen LogP contribution in [-0.2, 0) is 17.6 Å². The van der Waals surface area contributed by atoms with Crippen LogP contribution in [0.4, 0.5) is 0 Å². The summed E-state index contributed by atoms with van der Waals surface area (Å²) in [6.45, 7) is 3.59. The second-order valence-electron chi connectivity index (χ2n) is 5.32. The molecule has 3 heteroatoms. The van der Waals surface area contributed by atoms with Gasteiger partial charge in [0.15, 0.2) is 0 Å². The van der Waals surface area contributed by atoms with Crippen LogP contribution in [0, 0.1) is 0 Å². The van der Waals surface area contributed by atoms with Crippen molar-refractivity contribution in [3.8, 4) is 0 Å². The molecule has 104 valence electrons. The van der Waals surface area contributed by atoms with Crippen LogP contribution in [0.2, 0.25) is 0 Å². The first kappa shape index (κ1) is 14.1. The SMILES string of the molecule is CCc1ccc(CC(=O)N2CCCCC2CN)cc1. The molecule has 0 spiro atoms. The van der Waals surface area contributed by atoms with E-state index in [9.17, 15) is 4.79 Å². The molecule has 2 N–H and O–H groups in total. The molecule has 0 radical (unpaired) electrons. The number of nitrogens with two attached hydrogens (primary N) is 1. The summed E-state index contributed by atoms with van der Waals surface area (Å²) in [5, 5.41) is 0. The molecule has 1 fully saturated rings. The Morgan fingerprint density at radius 2 is 1.95 bits per heavy atom. The highest BCUT2D eigenvalue weighted by atomic mass is 16.2. The van der Waals surface area contributed by atoms with Crippen molar-refractivity contribution in [2.45, 2.75) is 45.1 Å². The normalized spacial score (nSPS) is 19.5. The first-order chi connectivity index (χ1) is 9.24. The lowest BCUT2D eigenvalue weighted by Gasteiger charge is -2.35. The van der Waals surface area contributed by atoms with Crippen LogP contribution >= 0.6 is 0 Å². The first-order valence-corrected chi connectivity index (χ1v) is 7.32. The van der Waals surface area contributed by atoms with E-state index in [0.717, 1.165) is 31.4 Å². The van der Waals surface area contributed by atoms with E-state index in [-0.39, 0.29) is 11.9 Å². The number of piperidine rings is 1. The lowest BCUT2D eigenvalue weighted by Crippen LogP contribution is -2.48. The van der Waals surface area contributed by atoms with Crippen molar-refractivity contribution < 1.29 is 4.79 Å². The number of hydrogen-bond acceptors (Lipinski definition) is 2. The van der Waals surface area contributed by atoms with E-state index < -0.39 is 0 Å². The molecule has 19 heavy (non-hydrogen) atoms. The summed E-state index contributed by atoms with van der Waals surface area (Å²) in [7, 11) is 0. The molecule has 3 nitrogen and oxygen atoms in total. The Bertz CT molecular complexity index is 413. The van der Waals surface area contributed by atoms with E-state index in [4.69, 9.17) is 5.73 Å². The van der Waals surface area contributed by atoms with Gasteiger partial charge in [-0.1, -0.05) is 31.2 Å². The zero-order chi connectivity index (χ0) is 13.7. The fraction of sp³-hybridized carbons (Fsp3) is 0.562. The van der Waals surface area contributed by atoms with Crippen molar-refractivity contribution in [1.82, 2.24) is 4.90 Å². The maximum Gasteiger partial charge on any atom is 0.227 e. The van der Waals surface area contributed by atoms with E-state index in [1.807, 2.05) is 4.90 Å². The predicted octanol–water partition coefficient (Wildman–Crippen LogP) is 2.13. The van der Waals surface area contributed by atoms with E-state index in [1.54, 1.807) is 0 Å². The highest BCUT2D eigenvalue weighted by molar-refractivity contribution is 5.79. The zero-order valence-corrected chi connectivity index (χ0v) is 11.8. The largest absolute Gasteiger partial charge is 0.338 e. The summed E-state index contributed by atoms with van der Waals surface area (Å²) in [6.07, 6.45) is 4.89. The number of likely N-dealkylation sites (tertiary alicyclic amines) is 1. The van der Waals surface area contributed by atoms with Crippen molar-refractivity contribution in [1.29, 1.82) is 0 Å². The molecule has 1 aromatic carbocycles. The monoisotopic (exact) mass is 260 g/mol. The third kappa shape index (κ3) is 3.57. The van der Waals surface area contributed by atoms with Gasteiger partial charge in [0.1, 0.15) is 0 Å². The average molecular weight is 260 g/mol. The lowest BCUT2D eigenvalue weighted by molar-refractivity contribution is -0.133. The second kappa shape index (κ2) is 6.71. The third-order valence-electron chi connectivity index (χ3n) is 4.01. The summed E-state index contributed by atoms with van der Waals surface area (Å²) >= 11 is 0. The highest BCUT2D eigenvalue weighted by Crippen LogP contribution is 2.17. The Hall–Kier alpha value is -1.35. The summed E-state index contributed by atoms with van der Waals surface area (Å²) in [6, 6.07) is 8.60. The average Bonchev–Trinajstić information content (AvgIpc) is 2.48. The van der Waals surface area contributed by atoms with Crippen LogP contribution in [0.15, 0.2) is 24.3 Å². The van der Waals surface area contributed by atoms with Crippen molar-refractivity contribution in [3.05, 3.63) is 35.4 Å². The van der Waals surface area contributed by atoms with E-state index in [0.29, 0.717) is 13.0 Å². The van der Waals surface area contributed by atoms with Gasteiger partial charge in [-0.25, -0.2) is 0 Å². The van der Waals surface area contributed by atoms with Crippen molar-refractivity contribution in [3.63, 3.8) is 0 Å². The molecule has 1 aliphatic heterocycles. The van der Waals surface area contributed by atoms with Gasteiger partial charge in [0, 0.05) is 19.1 Å². The molecule has 1 atom stereocenters. The van der Waals surface area contributed by atoms with E-state index in [2.05, 4.69) is 31.2 Å². The van der Waals surface area contributed by atoms with Crippen LogP contribution in [0.5, 0.6) is 0 Å². The smallest absolute Gasteiger partial charge is 0.227 e. The van der Waals surface area contributed by atoms with Gasteiger partial charge >= 0.3 is 0 Å². The Labute approximate surface area is 115 Å². The number of carbonyl (C=O) groups is 1. The summed E-state index contributed by atoms with van der Waals surface area (Å²) in [5.41, 5.74) is 8.18. The lowest BCUT2D eigenvalue weighted by atomic mass is 10.0. The molecule has 0 aromatic heterocycles. The fourth-order valence-electron chi connectivity index (χ4n) is 2.74. The molecule has 0 bridgehead atoms. The molecule has 2 rings (SSSR count). The summed E-state index contributed by atoms with van der Waals surface area (Å²) < 4.78 is 0. The molecule has 1 aliphatic rings. The van der Waals surface area contributed by atoms with Crippen molar-refractivity contribution in [2.75, 3.05) is 13.1 Å². The molecule has 1 unspecified atom stereocenters. The molecule has 1 amide bonds. The minimum atomic E-state index is 0.222. The molecule has 0 saturated carbocycles. The maximum atomic E-state index is 12.4. The van der Waals surface area contributed by atoms with Gasteiger partial charge in [0.25, 0.3) is 0 Å².